The molecule has 5 aliphatic carbocycles. The number of aliphatic hydroxyl groups is 8. The molecule has 21 atom stereocenters. The van der Waals surface area contributed by atoms with Gasteiger partial charge in [0.2, 0.25) is 0 Å². The van der Waals surface area contributed by atoms with Gasteiger partial charge < -0.3 is 69.3 Å². The summed E-state index contributed by atoms with van der Waals surface area (Å²) in [5.74, 6) is -0.920. The molecule has 8 fully saturated rings. The van der Waals surface area contributed by atoms with Gasteiger partial charge in [0.1, 0.15) is 36.6 Å². The number of aliphatic hydroxyl groups excluding tert-OH is 7. The summed E-state index contributed by atoms with van der Waals surface area (Å²) >= 11 is 0. The van der Waals surface area contributed by atoms with Gasteiger partial charge >= 0.3 is 5.97 Å². The molecule has 3 saturated heterocycles. The quantitative estimate of drug-likeness (QED) is 0.127. The molecule has 15 heteroatoms. The highest BCUT2D eigenvalue weighted by Crippen LogP contribution is 2.89. The summed E-state index contributed by atoms with van der Waals surface area (Å²) in [4.78, 5) is 11.9. The molecule has 0 aromatic rings. The molecule has 0 radical (unpaired) electrons. The van der Waals surface area contributed by atoms with E-state index < -0.39 is 103 Å². The van der Waals surface area contributed by atoms with Crippen LogP contribution in [0.5, 0.6) is 0 Å². The van der Waals surface area contributed by atoms with Crippen LogP contribution in [-0.4, -0.2) is 151 Å². The average molecular weight is 827 g/mol. The summed E-state index contributed by atoms with van der Waals surface area (Å²) in [7, 11) is 0. The molecule has 5 saturated carbocycles. The van der Waals surface area contributed by atoms with Crippen LogP contribution >= 0.6 is 0 Å². The van der Waals surface area contributed by atoms with Crippen molar-refractivity contribution in [3.05, 3.63) is 0 Å². The second-order valence-corrected chi connectivity index (χ2v) is 21.6. The zero-order valence-electron chi connectivity index (χ0n) is 35.5. The Bertz CT molecular complexity index is 1570. The minimum absolute atomic E-state index is 0.0855. The van der Waals surface area contributed by atoms with Crippen LogP contribution in [-0.2, 0) is 33.2 Å². The number of hydrogen-bond acceptors (Lipinski definition) is 15. The van der Waals surface area contributed by atoms with Crippen molar-refractivity contribution in [1.29, 1.82) is 0 Å². The highest BCUT2D eigenvalue weighted by molar-refractivity contribution is 5.66. The van der Waals surface area contributed by atoms with Gasteiger partial charge in [0, 0.05) is 12.8 Å². The average Bonchev–Trinajstić information content (AvgIpc) is 3.49. The molecule has 3 heterocycles. The molecule has 0 aromatic carbocycles. The highest BCUT2D eigenvalue weighted by atomic mass is 16.7. The molecule has 8 rings (SSSR count). The summed E-state index contributed by atoms with van der Waals surface area (Å²) < 4.78 is 37.4. The van der Waals surface area contributed by atoms with Crippen molar-refractivity contribution < 1.29 is 74.1 Å². The molecular weight excluding hydrogens is 756 g/mol. The number of esters is 1. The molecule has 0 amide bonds. The second kappa shape index (κ2) is 14.2. The van der Waals surface area contributed by atoms with Crippen LogP contribution in [0, 0.1) is 44.8 Å². The van der Waals surface area contributed by atoms with Crippen LogP contribution in [0.15, 0.2) is 0 Å². The van der Waals surface area contributed by atoms with E-state index in [1.165, 1.54) is 6.92 Å². The van der Waals surface area contributed by atoms with Crippen molar-refractivity contribution in [2.45, 2.75) is 204 Å². The first-order chi connectivity index (χ1) is 26.9. The smallest absolute Gasteiger partial charge is 0.303 e. The normalized spacial score (nSPS) is 56.1. The second-order valence-electron chi connectivity index (χ2n) is 21.6. The van der Waals surface area contributed by atoms with Crippen LogP contribution in [0.25, 0.3) is 0 Å². The maximum atomic E-state index is 12.2. The Balaban J connectivity index is 1.14. The van der Waals surface area contributed by atoms with Crippen molar-refractivity contribution in [1.82, 2.24) is 0 Å². The minimum Gasteiger partial charge on any atom is -0.457 e. The standard InChI is InChI=1S/C43H70O15/c1-20(45)54-32-22(47)18-53-35(31(32)51)57-26-10-12-43-19-42(43)14-13-39(6)33(41(8)11-9-27(58-41)38(4,5)52)21(46)16-40(39,7)25(42)15-23(34(43)37(26,2)3)55-36-30(50)29(49)28(48)24(17-44)56-36/h21-36,44,46-52H,9-19H2,1-8H3/t21-,22+,23+,24-,25-,26-,27-,28-,29+,30+,31+,32+,33-,34+,35-,36+,39+,40+,41+,42-,43+/m1/s1. The molecule has 8 aliphatic rings. The molecule has 15 nitrogen and oxygen atoms in total. The summed E-state index contributed by atoms with van der Waals surface area (Å²) in [5.41, 5.74) is -3.30. The van der Waals surface area contributed by atoms with E-state index in [1.54, 1.807) is 13.8 Å². The van der Waals surface area contributed by atoms with E-state index in [0.29, 0.717) is 25.7 Å². The van der Waals surface area contributed by atoms with E-state index in [9.17, 15) is 45.6 Å². The fraction of sp³-hybridized carbons (Fsp3) is 0.977. The third-order valence-electron chi connectivity index (χ3n) is 17.9. The molecule has 0 unspecified atom stereocenters. The van der Waals surface area contributed by atoms with Crippen LogP contribution in [0.2, 0.25) is 0 Å². The number of hydrogen-bond donors (Lipinski definition) is 8. The summed E-state index contributed by atoms with van der Waals surface area (Å²) in [6.45, 7) is 15.0. The number of carbonyl (C=O) groups is 1. The zero-order valence-corrected chi connectivity index (χ0v) is 35.5. The molecule has 58 heavy (non-hydrogen) atoms. The van der Waals surface area contributed by atoms with Crippen LogP contribution in [0.4, 0.5) is 0 Å². The molecule has 332 valence electrons. The predicted molar refractivity (Wildman–Crippen MR) is 203 cm³/mol. The first-order valence-electron chi connectivity index (χ1n) is 21.8. The van der Waals surface area contributed by atoms with Gasteiger partial charge in [-0.3, -0.25) is 4.79 Å². The SMILES string of the molecule is CC(=O)O[C@@H]1[C@H](O)[C@@H](O[C@@H]2CC[C@@]34C[C@@]35CC[C@@]3(C)[C@H]([C@]6(C)CC[C@H](C(C)(C)O)O6)[C@H](O)C[C@@]3(C)[C@H]5C[C@H](O[C@H]3O[C@H](CO)[C@@H](O)[C@H](O)[C@@H]3O)[C@H]4C2(C)C)OC[C@@H]1O. The molecular formula is C43H70O15. The first kappa shape index (κ1) is 43.6. The lowest BCUT2D eigenvalue weighted by atomic mass is 9.41. The van der Waals surface area contributed by atoms with Crippen molar-refractivity contribution in [2.24, 2.45) is 44.8 Å². The largest absolute Gasteiger partial charge is 0.457 e. The number of carbonyl (C=O) groups excluding carboxylic acids is 1. The van der Waals surface area contributed by atoms with Gasteiger partial charge in [0.05, 0.1) is 48.8 Å². The fourth-order valence-electron chi connectivity index (χ4n) is 15.2. The maximum absolute atomic E-state index is 12.2. The Morgan fingerprint density at radius 2 is 1.50 bits per heavy atom. The monoisotopic (exact) mass is 826 g/mol. The Hall–Kier alpha value is -1.05. The number of rotatable bonds is 8. The molecule has 3 aliphatic heterocycles. The van der Waals surface area contributed by atoms with Crippen LogP contribution in [0.1, 0.15) is 113 Å². The van der Waals surface area contributed by atoms with Crippen LogP contribution in [0.3, 0.4) is 0 Å². The zero-order chi connectivity index (χ0) is 42.3. The van der Waals surface area contributed by atoms with Gasteiger partial charge in [-0.2, -0.15) is 0 Å². The third-order valence-corrected chi connectivity index (χ3v) is 17.9. The van der Waals surface area contributed by atoms with Gasteiger partial charge in [-0.1, -0.05) is 27.7 Å². The van der Waals surface area contributed by atoms with Crippen molar-refractivity contribution in [3.63, 3.8) is 0 Å². The van der Waals surface area contributed by atoms with Gasteiger partial charge in [0.15, 0.2) is 18.7 Å². The van der Waals surface area contributed by atoms with Gasteiger partial charge in [-0.15, -0.1) is 0 Å². The topological polar surface area (TPSA) is 234 Å². The number of fused-ring (bicyclic) bond motifs is 2. The van der Waals surface area contributed by atoms with Crippen molar-refractivity contribution in [3.8, 4) is 0 Å². The predicted octanol–water partition coefficient (Wildman–Crippen LogP) is 1.29. The van der Waals surface area contributed by atoms with E-state index in [4.69, 9.17) is 28.4 Å². The molecule has 2 spiro atoms. The van der Waals surface area contributed by atoms with E-state index in [-0.39, 0.29) is 52.1 Å². The van der Waals surface area contributed by atoms with Gasteiger partial charge in [0.25, 0.3) is 0 Å². The maximum Gasteiger partial charge on any atom is 0.303 e. The molecule has 8 N–H and O–H groups in total. The van der Waals surface area contributed by atoms with Crippen molar-refractivity contribution >= 4 is 5.97 Å². The Morgan fingerprint density at radius 3 is 2.14 bits per heavy atom. The van der Waals surface area contributed by atoms with E-state index in [2.05, 4.69) is 34.6 Å². The van der Waals surface area contributed by atoms with E-state index in [1.807, 2.05) is 0 Å². The Labute approximate surface area is 341 Å². The Morgan fingerprint density at radius 1 is 0.793 bits per heavy atom. The Kier molecular flexibility index (Phi) is 10.7. The lowest BCUT2D eigenvalue weighted by Gasteiger charge is -2.65. The lowest BCUT2D eigenvalue weighted by Crippen LogP contribution is -2.65. The molecule has 0 bridgehead atoms. The van der Waals surface area contributed by atoms with Crippen molar-refractivity contribution in [2.75, 3.05) is 13.2 Å². The van der Waals surface area contributed by atoms with Gasteiger partial charge in [-0.25, -0.2) is 0 Å². The highest BCUT2D eigenvalue weighted by Gasteiger charge is 2.85. The van der Waals surface area contributed by atoms with Crippen LogP contribution < -0.4 is 0 Å². The number of ether oxygens (including phenoxy) is 6. The summed E-state index contributed by atoms with van der Waals surface area (Å²) in [5, 5.41) is 87.8. The van der Waals surface area contributed by atoms with E-state index >= 15 is 0 Å². The summed E-state index contributed by atoms with van der Waals surface area (Å²) in [6, 6.07) is 0. The molecule has 0 aromatic heterocycles. The fourth-order valence-corrected chi connectivity index (χ4v) is 15.2. The lowest BCUT2D eigenvalue weighted by molar-refractivity contribution is -0.339. The minimum atomic E-state index is -1.62. The van der Waals surface area contributed by atoms with E-state index in [0.717, 1.165) is 32.1 Å². The first-order valence-corrected chi connectivity index (χ1v) is 21.8. The summed E-state index contributed by atoms with van der Waals surface area (Å²) in [6.07, 6.45) is -7.63. The van der Waals surface area contributed by atoms with Gasteiger partial charge in [-0.05, 0) is 117 Å². The third kappa shape index (κ3) is 6.17.